The Labute approximate surface area is 196 Å². The number of rotatable bonds is 6. The summed E-state index contributed by atoms with van der Waals surface area (Å²) in [7, 11) is -4.01. The van der Waals surface area contributed by atoms with Gasteiger partial charge in [-0.15, -0.1) is 0 Å². The number of amides is 2. The van der Waals surface area contributed by atoms with Crippen molar-refractivity contribution in [2.24, 2.45) is 0 Å². The van der Waals surface area contributed by atoms with Gasteiger partial charge in [0.2, 0.25) is 21.8 Å². The molecule has 0 saturated carbocycles. The van der Waals surface area contributed by atoms with E-state index in [1.807, 2.05) is 42.5 Å². The molecule has 3 aromatic rings. The fraction of sp³-hybridized carbons (Fsp3) is 0.250. The number of piperazine rings is 1. The average Bonchev–Trinajstić information content (AvgIpc) is 2.84. The highest BCUT2D eigenvalue weighted by Gasteiger charge is 2.30. The van der Waals surface area contributed by atoms with Crippen molar-refractivity contribution in [3.05, 3.63) is 77.9 Å². The van der Waals surface area contributed by atoms with Crippen LogP contribution in [0.25, 0.3) is 10.8 Å². The predicted molar refractivity (Wildman–Crippen MR) is 122 cm³/mol. The molecule has 7 nitrogen and oxygen atoms in total. The topological polar surface area (TPSA) is 86.8 Å². The fourth-order valence-electron chi connectivity index (χ4n) is 3.93. The minimum atomic E-state index is -4.01. The van der Waals surface area contributed by atoms with Crippen molar-refractivity contribution >= 4 is 32.6 Å². The zero-order chi connectivity index (χ0) is 24.3. The number of hydrogen-bond donors (Lipinski definition) is 1. The molecule has 0 spiro atoms. The molecule has 2 amide bonds. The Bertz CT molecular complexity index is 1330. The van der Waals surface area contributed by atoms with E-state index < -0.39 is 21.7 Å². The summed E-state index contributed by atoms with van der Waals surface area (Å²) < 4.78 is 53.1. The summed E-state index contributed by atoms with van der Waals surface area (Å²) in [6, 6.07) is 15.9. The normalized spacial score (nSPS) is 14.8. The van der Waals surface area contributed by atoms with Gasteiger partial charge in [0.1, 0.15) is 0 Å². The molecule has 0 aliphatic carbocycles. The number of carbonyl (C=O) groups is 2. The quantitative estimate of drug-likeness (QED) is 0.578. The third-order valence-corrected chi connectivity index (χ3v) is 7.68. The third-order valence-electron chi connectivity index (χ3n) is 5.79. The van der Waals surface area contributed by atoms with E-state index in [2.05, 4.69) is 5.32 Å². The summed E-state index contributed by atoms with van der Waals surface area (Å²) in [5.74, 6) is -2.98. The van der Waals surface area contributed by atoms with Gasteiger partial charge < -0.3 is 10.2 Å². The zero-order valence-electron chi connectivity index (χ0n) is 18.2. The number of fused-ring (bicyclic) bond motifs is 1. The van der Waals surface area contributed by atoms with E-state index in [0.29, 0.717) is 6.07 Å². The first kappa shape index (κ1) is 23.8. The highest BCUT2D eigenvalue weighted by Crippen LogP contribution is 2.20. The third kappa shape index (κ3) is 5.07. The summed E-state index contributed by atoms with van der Waals surface area (Å²) in [6.45, 7) is 0.0788. The van der Waals surface area contributed by atoms with Gasteiger partial charge in [-0.1, -0.05) is 42.5 Å². The summed E-state index contributed by atoms with van der Waals surface area (Å²) in [5, 5.41) is 4.64. The van der Waals surface area contributed by atoms with E-state index in [4.69, 9.17) is 0 Å². The molecule has 1 N–H and O–H groups in total. The van der Waals surface area contributed by atoms with Crippen molar-refractivity contribution in [1.82, 2.24) is 14.5 Å². The lowest BCUT2D eigenvalue weighted by atomic mass is 10.0. The van der Waals surface area contributed by atoms with Crippen molar-refractivity contribution in [1.29, 1.82) is 0 Å². The molecule has 1 heterocycles. The molecule has 34 heavy (non-hydrogen) atoms. The number of nitrogens with zero attached hydrogens (tertiary/aromatic N) is 2. The van der Waals surface area contributed by atoms with Crippen LogP contribution in [-0.2, 0) is 26.0 Å². The van der Waals surface area contributed by atoms with Crippen LogP contribution < -0.4 is 5.32 Å². The Balaban J connectivity index is 1.29. The van der Waals surface area contributed by atoms with Crippen LogP contribution in [0, 0.1) is 11.6 Å². The number of halogens is 2. The van der Waals surface area contributed by atoms with E-state index in [0.717, 1.165) is 32.8 Å². The maximum absolute atomic E-state index is 13.5. The zero-order valence-corrected chi connectivity index (χ0v) is 19.0. The Morgan fingerprint density at radius 3 is 2.32 bits per heavy atom. The van der Waals surface area contributed by atoms with E-state index >= 15 is 0 Å². The lowest BCUT2D eigenvalue weighted by Crippen LogP contribution is -2.52. The molecule has 1 fully saturated rings. The standard InChI is InChI=1S/C24H23F2N3O4S/c25-21-9-8-19(15-22(21)26)34(32,33)29-12-10-28(11-13-29)24(31)16-27-23(30)14-18-6-3-5-17-4-1-2-7-20(17)18/h1-9,15H,10-14,16H2,(H,27,30). The largest absolute Gasteiger partial charge is 0.347 e. The predicted octanol–water partition coefficient (Wildman–Crippen LogP) is 2.31. The summed E-state index contributed by atoms with van der Waals surface area (Å²) in [5.41, 5.74) is 0.860. The Morgan fingerprint density at radius 1 is 0.882 bits per heavy atom. The molecule has 1 aliphatic heterocycles. The minimum Gasteiger partial charge on any atom is -0.347 e. The molecule has 0 radical (unpaired) electrons. The first-order chi connectivity index (χ1) is 16.3. The fourth-order valence-corrected chi connectivity index (χ4v) is 5.37. The Hall–Kier alpha value is -3.37. The van der Waals surface area contributed by atoms with E-state index in [-0.39, 0.29) is 55.9 Å². The van der Waals surface area contributed by atoms with Gasteiger partial charge in [-0.05, 0) is 34.5 Å². The molecule has 0 aromatic heterocycles. The first-order valence-electron chi connectivity index (χ1n) is 10.7. The van der Waals surface area contributed by atoms with Gasteiger partial charge in [0, 0.05) is 26.2 Å². The minimum absolute atomic E-state index is 0.0109. The van der Waals surface area contributed by atoms with Crippen LogP contribution >= 0.6 is 0 Å². The molecule has 0 atom stereocenters. The molecule has 3 aromatic carbocycles. The van der Waals surface area contributed by atoms with E-state index in [1.165, 1.54) is 4.90 Å². The van der Waals surface area contributed by atoms with Gasteiger partial charge >= 0.3 is 0 Å². The lowest BCUT2D eigenvalue weighted by molar-refractivity contribution is -0.133. The van der Waals surface area contributed by atoms with Gasteiger partial charge in [0.05, 0.1) is 17.9 Å². The summed E-state index contributed by atoms with van der Waals surface area (Å²) in [4.78, 5) is 26.1. The van der Waals surface area contributed by atoms with Crippen LogP contribution in [0.1, 0.15) is 5.56 Å². The molecule has 10 heteroatoms. The van der Waals surface area contributed by atoms with Gasteiger partial charge in [-0.3, -0.25) is 9.59 Å². The second-order valence-corrected chi connectivity index (χ2v) is 9.89. The van der Waals surface area contributed by atoms with Crippen molar-refractivity contribution in [3.8, 4) is 0 Å². The van der Waals surface area contributed by atoms with Crippen molar-refractivity contribution in [3.63, 3.8) is 0 Å². The lowest BCUT2D eigenvalue weighted by Gasteiger charge is -2.34. The summed E-state index contributed by atoms with van der Waals surface area (Å²) >= 11 is 0. The van der Waals surface area contributed by atoms with Gasteiger partial charge in [0.25, 0.3) is 0 Å². The van der Waals surface area contributed by atoms with Gasteiger partial charge in [-0.2, -0.15) is 4.31 Å². The van der Waals surface area contributed by atoms with Crippen LogP contribution in [0.5, 0.6) is 0 Å². The van der Waals surface area contributed by atoms with Crippen LogP contribution in [0.3, 0.4) is 0 Å². The second kappa shape index (κ2) is 9.86. The second-order valence-electron chi connectivity index (χ2n) is 7.95. The van der Waals surface area contributed by atoms with Gasteiger partial charge in [0.15, 0.2) is 11.6 Å². The number of benzene rings is 3. The van der Waals surface area contributed by atoms with E-state index in [1.54, 1.807) is 0 Å². The Kier molecular flexibility index (Phi) is 6.90. The molecular weight excluding hydrogens is 464 g/mol. The molecular formula is C24H23F2N3O4S. The van der Waals surface area contributed by atoms with Crippen LogP contribution in [-0.4, -0.2) is 62.2 Å². The number of carbonyl (C=O) groups excluding carboxylic acids is 2. The van der Waals surface area contributed by atoms with Crippen LogP contribution in [0.4, 0.5) is 8.78 Å². The smallest absolute Gasteiger partial charge is 0.243 e. The molecule has 1 aliphatic rings. The first-order valence-corrected chi connectivity index (χ1v) is 12.2. The molecule has 0 bridgehead atoms. The maximum atomic E-state index is 13.5. The van der Waals surface area contributed by atoms with Crippen LogP contribution in [0.2, 0.25) is 0 Å². The SMILES string of the molecule is O=C(Cc1cccc2ccccc12)NCC(=O)N1CCN(S(=O)(=O)c2ccc(F)c(F)c2)CC1. The number of sulfonamides is 1. The molecule has 0 unspecified atom stereocenters. The average molecular weight is 488 g/mol. The molecule has 178 valence electrons. The molecule has 4 rings (SSSR count). The van der Waals surface area contributed by atoms with Crippen molar-refractivity contribution < 1.29 is 26.8 Å². The number of nitrogens with one attached hydrogen (secondary N) is 1. The molecule has 1 saturated heterocycles. The highest BCUT2D eigenvalue weighted by atomic mass is 32.2. The van der Waals surface area contributed by atoms with Gasteiger partial charge in [-0.25, -0.2) is 17.2 Å². The maximum Gasteiger partial charge on any atom is 0.243 e. The monoisotopic (exact) mass is 487 g/mol. The summed E-state index contributed by atoms with van der Waals surface area (Å²) in [6.07, 6.45) is 0.134. The van der Waals surface area contributed by atoms with Crippen molar-refractivity contribution in [2.75, 3.05) is 32.7 Å². The van der Waals surface area contributed by atoms with Crippen molar-refractivity contribution in [2.45, 2.75) is 11.3 Å². The Morgan fingerprint density at radius 2 is 1.59 bits per heavy atom. The highest BCUT2D eigenvalue weighted by molar-refractivity contribution is 7.89. The van der Waals surface area contributed by atoms with E-state index in [9.17, 15) is 26.8 Å². The van der Waals surface area contributed by atoms with Crippen LogP contribution in [0.15, 0.2) is 65.6 Å². The number of hydrogen-bond acceptors (Lipinski definition) is 4.